The first kappa shape index (κ1) is 16.7. The van der Waals surface area contributed by atoms with E-state index in [2.05, 4.69) is 0 Å². The third-order valence-corrected chi connectivity index (χ3v) is 3.05. The highest BCUT2D eigenvalue weighted by molar-refractivity contribution is 5.92. The standard InChI is InChI=1S/C18H18O5/c1-13-5-3-6-14(11-13)18(20)23-16-8-4-7-15(12-16)17(19)22-10-9-21-2/h3-8,11-12H,9-10H2,1-2H3. The number of methoxy groups -OCH3 is 1. The average molecular weight is 314 g/mol. The molecule has 0 saturated carbocycles. The van der Waals surface area contributed by atoms with Gasteiger partial charge in [-0.25, -0.2) is 9.59 Å². The molecule has 0 unspecified atom stereocenters. The van der Waals surface area contributed by atoms with Gasteiger partial charge in [0.1, 0.15) is 12.4 Å². The summed E-state index contributed by atoms with van der Waals surface area (Å²) < 4.78 is 15.1. The van der Waals surface area contributed by atoms with E-state index in [1.165, 1.54) is 13.2 Å². The van der Waals surface area contributed by atoms with Crippen LogP contribution in [0.5, 0.6) is 5.75 Å². The molecule has 2 aromatic carbocycles. The molecule has 0 radical (unpaired) electrons. The Morgan fingerprint density at radius 3 is 2.30 bits per heavy atom. The van der Waals surface area contributed by atoms with Crippen molar-refractivity contribution in [1.82, 2.24) is 0 Å². The molecule has 0 aliphatic carbocycles. The summed E-state index contributed by atoms with van der Waals surface area (Å²) in [5.41, 5.74) is 1.74. The third-order valence-electron chi connectivity index (χ3n) is 3.05. The predicted octanol–water partition coefficient (Wildman–Crippen LogP) is 3.02. The van der Waals surface area contributed by atoms with E-state index in [9.17, 15) is 9.59 Å². The minimum absolute atomic E-state index is 0.169. The van der Waals surface area contributed by atoms with Crippen molar-refractivity contribution in [3.63, 3.8) is 0 Å². The molecule has 0 N–H and O–H groups in total. The quantitative estimate of drug-likeness (QED) is 0.466. The van der Waals surface area contributed by atoms with Crippen LogP contribution in [0, 0.1) is 6.92 Å². The van der Waals surface area contributed by atoms with Crippen LogP contribution in [0.2, 0.25) is 0 Å². The SMILES string of the molecule is COCCOC(=O)c1cccc(OC(=O)c2cccc(C)c2)c1. The topological polar surface area (TPSA) is 61.8 Å². The van der Waals surface area contributed by atoms with Crippen molar-refractivity contribution in [3.05, 3.63) is 65.2 Å². The zero-order valence-corrected chi connectivity index (χ0v) is 13.1. The van der Waals surface area contributed by atoms with Crippen LogP contribution in [-0.2, 0) is 9.47 Å². The molecule has 0 heterocycles. The lowest BCUT2D eigenvalue weighted by Crippen LogP contribution is -2.11. The Hall–Kier alpha value is -2.66. The van der Waals surface area contributed by atoms with Gasteiger partial charge in [-0.1, -0.05) is 23.8 Å². The van der Waals surface area contributed by atoms with Crippen LogP contribution < -0.4 is 4.74 Å². The summed E-state index contributed by atoms with van der Waals surface area (Å²) in [6.07, 6.45) is 0. The minimum Gasteiger partial charge on any atom is -0.460 e. The molecule has 0 aromatic heterocycles. The van der Waals surface area contributed by atoms with Gasteiger partial charge in [0.05, 0.1) is 17.7 Å². The van der Waals surface area contributed by atoms with Crippen molar-refractivity contribution in [1.29, 1.82) is 0 Å². The molecule has 0 atom stereocenters. The van der Waals surface area contributed by atoms with E-state index in [1.807, 2.05) is 13.0 Å². The zero-order chi connectivity index (χ0) is 16.7. The van der Waals surface area contributed by atoms with Crippen molar-refractivity contribution in [2.45, 2.75) is 6.92 Å². The fraction of sp³-hybridized carbons (Fsp3) is 0.222. The van der Waals surface area contributed by atoms with Crippen molar-refractivity contribution in [3.8, 4) is 5.75 Å². The monoisotopic (exact) mass is 314 g/mol. The summed E-state index contributed by atoms with van der Waals surface area (Å²) in [7, 11) is 1.53. The Labute approximate surface area is 134 Å². The number of carbonyl (C=O) groups excluding carboxylic acids is 2. The second kappa shape index (κ2) is 8.10. The second-order valence-electron chi connectivity index (χ2n) is 4.92. The molecule has 5 heteroatoms. The molecule has 0 saturated heterocycles. The van der Waals surface area contributed by atoms with E-state index in [1.54, 1.807) is 36.4 Å². The maximum Gasteiger partial charge on any atom is 0.343 e. The number of benzene rings is 2. The first-order valence-corrected chi connectivity index (χ1v) is 7.15. The summed E-state index contributed by atoms with van der Waals surface area (Å²) in [6, 6.07) is 13.4. The molecule has 0 amide bonds. The summed E-state index contributed by atoms with van der Waals surface area (Å²) in [6.45, 7) is 2.39. The van der Waals surface area contributed by atoms with Gasteiger partial charge in [-0.05, 0) is 37.3 Å². The smallest absolute Gasteiger partial charge is 0.343 e. The van der Waals surface area contributed by atoms with Crippen molar-refractivity contribution >= 4 is 11.9 Å². The molecule has 120 valence electrons. The van der Waals surface area contributed by atoms with Crippen LogP contribution in [0.3, 0.4) is 0 Å². The molecule has 0 aliphatic rings. The van der Waals surface area contributed by atoms with Gasteiger partial charge < -0.3 is 14.2 Å². The fourth-order valence-corrected chi connectivity index (χ4v) is 1.93. The summed E-state index contributed by atoms with van der Waals surface area (Å²) >= 11 is 0. The number of hydrogen-bond donors (Lipinski definition) is 0. The largest absolute Gasteiger partial charge is 0.460 e. The Morgan fingerprint density at radius 2 is 1.61 bits per heavy atom. The molecular weight excluding hydrogens is 296 g/mol. The maximum atomic E-state index is 12.1. The van der Waals surface area contributed by atoms with E-state index in [4.69, 9.17) is 14.2 Å². The van der Waals surface area contributed by atoms with Crippen molar-refractivity contribution < 1.29 is 23.8 Å². The number of ether oxygens (including phenoxy) is 3. The van der Waals surface area contributed by atoms with E-state index < -0.39 is 11.9 Å². The highest BCUT2D eigenvalue weighted by atomic mass is 16.6. The van der Waals surface area contributed by atoms with Crippen LogP contribution in [0.1, 0.15) is 26.3 Å². The normalized spacial score (nSPS) is 10.2. The summed E-state index contributed by atoms with van der Waals surface area (Å²) in [5.74, 6) is -0.674. The highest BCUT2D eigenvalue weighted by Gasteiger charge is 2.12. The lowest BCUT2D eigenvalue weighted by molar-refractivity contribution is 0.0387. The number of aryl methyl sites for hydroxylation is 1. The molecule has 0 bridgehead atoms. The summed E-state index contributed by atoms with van der Waals surface area (Å²) in [5, 5.41) is 0. The fourth-order valence-electron chi connectivity index (χ4n) is 1.93. The molecule has 0 fully saturated rings. The molecule has 23 heavy (non-hydrogen) atoms. The van der Waals surface area contributed by atoms with Crippen LogP contribution in [0.25, 0.3) is 0 Å². The van der Waals surface area contributed by atoms with Gasteiger partial charge in [0.15, 0.2) is 0 Å². The molecule has 5 nitrogen and oxygen atoms in total. The van der Waals surface area contributed by atoms with Gasteiger partial charge in [0, 0.05) is 7.11 Å². The van der Waals surface area contributed by atoms with E-state index in [0.717, 1.165) is 5.56 Å². The van der Waals surface area contributed by atoms with Crippen LogP contribution in [0.4, 0.5) is 0 Å². The maximum absolute atomic E-state index is 12.1. The number of carbonyl (C=O) groups is 2. The van der Waals surface area contributed by atoms with Gasteiger partial charge in [-0.2, -0.15) is 0 Å². The van der Waals surface area contributed by atoms with E-state index in [0.29, 0.717) is 17.7 Å². The Bertz CT molecular complexity index is 693. The van der Waals surface area contributed by atoms with Crippen molar-refractivity contribution in [2.24, 2.45) is 0 Å². The molecule has 2 rings (SSSR count). The molecule has 0 aliphatic heterocycles. The number of esters is 2. The average Bonchev–Trinajstić information content (AvgIpc) is 2.55. The molecule has 0 spiro atoms. The third kappa shape index (κ3) is 4.93. The van der Waals surface area contributed by atoms with Gasteiger partial charge in [0.2, 0.25) is 0 Å². The lowest BCUT2D eigenvalue weighted by Gasteiger charge is -2.07. The highest BCUT2D eigenvalue weighted by Crippen LogP contribution is 2.16. The lowest BCUT2D eigenvalue weighted by atomic mass is 10.1. The first-order chi connectivity index (χ1) is 11.1. The van der Waals surface area contributed by atoms with Gasteiger partial charge >= 0.3 is 11.9 Å². The first-order valence-electron chi connectivity index (χ1n) is 7.15. The van der Waals surface area contributed by atoms with E-state index in [-0.39, 0.29) is 12.4 Å². The zero-order valence-electron chi connectivity index (χ0n) is 13.1. The van der Waals surface area contributed by atoms with Crippen LogP contribution in [-0.4, -0.2) is 32.3 Å². The predicted molar refractivity (Wildman–Crippen MR) is 84.7 cm³/mol. The molecular formula is C18H18O5. The summed E-state index contributed by atoms with van der Waals surface area (Å²) in [4.78, 5) is 24.0. The van der Waals surface area contributed by atoms with Crippen molar-refractivity contribution in [2.75, 3.05) is 20.3 Å². The Balaban J connectivity index is 2.05. The van der Waals surface area contributed by atoms with Crippen LogP contribution in [0.15, 0.2) is 48.5 Å². The second-order valence-corrected chi connectivity index (χ2v) is 4.92. The Morgan fingerprint density at radius 1 is 0.913 bits per heavy atom. The van der Waals surface area contributed by atoms with Gasteiger partial charge in [-0.15, -0.1) is 0 Å². The Kier molecular flexibility index (Phi) is 5.88. The minimum atomic E-state index is -0.490. The number of hydrogen-bond acceptors (Lipinski definition) is 5. The van der Waals surface area contributed by atoms with Gasteiger partial charge in [0.25, 0.3) is 0 Å². The van der Waals surface area contributed by atoms with E-state index >= 15 is 0 Å². The number of rotatable bonds is 6. The molecule has 2 aromatic rings. The van der Waals surface area contributed by atoms with Gasteiger partial charge in [-0.3, -0.25) is 0 Å². The van der Waals surface area contributed by atoms with Crippen LogP contribution >= 0.6 is 0 Å².